The highest BCUT2D eigenvalue weighted by Gasteiger charge is 2.80. The van der Waals surface area contributed by atoms with Crippen LogP contribution in [0.2, 0.25) is 0 Å². The topological polar surface area (TPSA) is 90.4 Å². The molecule has 0 aromatic carbocycles. The zero-order valence-corrected chi connectivity index (χ0v) is 25.4. The molecule has 3 unspecified atom stereocenters. The monoisotopic (exact) mass is 545 g/mol. The van der Waals surface area contributed by atoms with Crippen LogP contribution in [0.15, 0.2) is 25.3 Å². The molecule has 3 aliphatic rings. The Labute approximate surface area is 235 Å². The molecule has 0 aromatic heterocycles. The van der Waals surface area contributed by atoms with Gasteiger partial charge in [0.2, 0.25) is 17.7 Å². The maximum atomic E-state index is 14.6. The lowest BCUT2D eigenvalue weighted by Crippen LogP contribution is -2.62. The van der Waals surface area contributed by atoms with E-state index in [-0.39, 0.29) is 36.2 Å². The minimum absolute atomic E-state index is 0.0434. The predicted molar refractivity (Wildman–Crippen MR) is 153 cm³/mol. The molecule has 0 radical (unpaired) electrons. The van der Waals surface area contributed by atoms with Crippen LogP contribution in [0.5, 0.6) is 0 Å². The standard InChI is InChI=1S/C31H51N3O5/c1-11-14-32(15-12-2)26(36)23-24-27(37)34(22(19-35)17-20(4)5)25(28(38)33(16-13-3)29(7,8)9)31(24)18-21(6)30(23,10)39-31/h11,13,20-25,35H,1,3,12,14-19H2,2,4-10H3/t21?,22-,23-,24+,25?,30+,31?/m1/s1. The van der Waals surface area contributed by atoms with E-state index in [4.69, 9.17) is 4.74 Å². The average Bonchev–Trinajstić information content (AvgIpc) is 3.36. The number of likely N-dealkylation sites (tertiary alicyclic amines) is 1. The van der Waals surface area contributed by atoms with Gasteiger partial charge in [-0.25, -0.2) is 0 Å². The molecular weight excluding hydrogens is 494 g/mol. The maximum Gasteiger partial charge on any atom is 0.249 e. The fourth-order valence-corrected chi connectivity index (χ4v) is 7.43. The molecule has 3 amide bonds. The molecule has 3 aliphatic heterocycles. The van der Waals surface area contributed by atoms with Crippen LogP contribution in [0.3, 0.4) is 0 Å². The normalized spacial score (nSPS) is 32.4. The Kier molecular flexibility index (Phi) is 9.13. The third-order valence-corrected chi connectivity index (χ3v) is 9.14. The van der Waals surface area contributed by atoms with Gasteiger partial charge in [-0.1, -0.05) is 39.8 Å². The largest absolute Gasteiger partial charge is 0.394 e. The summed E-state index contributed by atoms with van der Waals surface area (Å²) in [5.74, 6) is -1.97. The highest BCUT2D eigenvalue weighted by Crippen LogP contribution is 2.66. The number of carbonyl (C=O) groups is 3. The second-order valence-corrected chi connectivity index (χ2v) is 13.4. The Bertz CT molecular complexity index is 974. The number of nitrogens with zero attached hydrogens (tertiary/aromatic N) is 3. The summed E-state index contributed by atoms with van der Waals surface area (Å²) in [5, 5.41) is 10.5. The van der Waals surface area contributed by atoms with Crippen molar-refractivity contribution in [2.45, 2.75) is 103 Å². The zero-order chi connectivity index (χ0) is 29.5. The molecule has 3 fully saturated rings. The van der Waals surface area contributed by atoms with Crippen molar-refractivity contribution in [1.82, 2.24) is 14.7 Å². The van der Waals surface area contributed by atoms with Crippen LogP contribution in [-0.2, 0) is 19.1 Å². The minimum Gasteiger partial charge on any atom is -0.394 e. The lowest BCUT2D eigenvalue weighted by molar-refractivity contribution is -0.160. The minimum atomic E-state index is -1.15. The van der Waals surface area contributed by atoms with Crippen LogP contribution < -0.4 is 0 Å². The maximum absolute atomic E-state index is 14.6. The Morgan fingerprint density at radius 3 is 2.31 bits per heavy atom. The van der Waals surface area contributed by atoms with E-state index in [0.29, 0.717) is 32.5 Å². The van der Waals surface area contributed by atoms with Crippen LogP contribution in [0, 0.1) is 23.7 Å². The second kappa shape index (κ2) is 11.4. The molecule has 7 atom stereocenters. The van der Waals surface area contributed by atoms with Crippen molar-refractivity contribution < 1.29 is 24.2 Å². The zero-order valence-electron chi connectivity index (χ0n) is 25.4. The molecule has 1 N–H and O–H groups in total. The summed E-state index contributed by atoms with van der Waals surface area (Å²) in [7, 11) is 0. The number of rotatable bonds is 12. The van der Waals surface area contributed by atoms with Crippen molar-refractivity contribution in [3.63, 3.8) is 0 Å². The van der Waals surface area contributed by atoms with Crippen molar-refractivity contribution in [2.75, 3.05) is 26.2 Å². The number of aliphatic hydroxyl groups excluding tert-OH is 1. The fraction of sp³-hybridized carbons (Fsp3) is 0.774. The third-order valence-electron chi connectivity index (χ3n) is 9.14. The smallest absolute Gasteiger partial charge is 0.249 e. The van der Waals surface area contributed by atoms with E-state index >= 15 is 0 Å². The van der Waals surface area contributed by atoms with Gasteiger partial charge in [0.15, 0.2) is 0 Å². The molecule has 0 aliphatic carbocycles. The van der Waals surface area contributed by atoms with E-state index in [1.807, 2.05) is 48.5 Å². The van der Waals surface area contributed by atoms with Crippen molar-refractivity contribution >= 4 is 17.7 Å². The quantitative estimate of drug-likeness (QED) is 0.378. The number of hydrogen-bond donors (Lipinski definition) is 1. The van der Waals surface area contributed by atoms with Gasteiger partial charge in [-0.05, 0) is 58.8 Å². The average molecular weight is 546 g/mol. The lowest BCUT2D eigenvalue weighted by Gasteiger charge is -2.43. The molecule has 3 rings (SSSR count). The molecular formula is C31H51N3O5. The van der Waals surface area contributed by atoms with Gasteiger partial charge in [0, 0.05) is 25.2 Å². The molecule has 3 heterocycles. The first kappa shape index (κ1) is 31.3. The van der Waals surface area contributed by atoms with E-state index in [1.54, 1.807) is 26.9 Å². The molecule has 8 nitrogen and oxygen atoms in total. The van der Waals surface area contributed by atoms with E-state index in [0.717, 1.165) is 6.42 Å². The Morgan fingerprint density at radius 2 is 1.82 bits per heavy atom. The summed E-state index contributed by atoms with van der Waals surface area (Å²) < 4.78 is 6.91. The van der Waals surface area contributed by atoms with Crippen molar-refractivity contribution in [3.8, 4) is 0 Å². The van der Waals surface area contributed by atoms with E-state index in [9.17, 15) is 19.5 Å². The summed E-state index contributed by atoms with van der Waals surface area (Å²) in [6, 6.07) is -1.50. The second-order valence-electron chi connectivity index (χ2n) is 13.4. The number of aliphatic hydroxyl groups is 1. The van der Waals surface area contributed by atoms with Gasteiger partial charge in [0.25, 0.3) is 0 Å². The summed E-state index contributed by atoms with van der Waals surface area (Å²) in [6.45, 7) is 24.7. The van der Waals surface area contributed by atoms with Crippen molar-refractivity contribution in [1.29, 1.82) is 0 Å². The van der Waals surface area contributed by atoms with E-state index < -0.39 is 40.7 Å². The molecule has 3 saturated heterocycles. The summed E-state index contributed by atoms with van der Waals surface area (Å²) in [6.07, 6.45) is 5.21. The lowest BCUT2D eigenvalue weighted by atomic mass is 9.62. The van der Waals surface area contributed by atoms with Gasteiger partial charge in [-0.15, -0.1) is 13.2 Å². The summed E-state index contributed by atoms with van der Waals surface area (Å²) in [5.41, 5.74) is -2.57. The molecule has 1 spiro atoms. The van der Waals surface area contributed by atoms with E-state index in [2.05, 4.69) is 20.1 Å². The van der Waals surface area contributed by atoms with Crippen LogP contribution in [-0.4, -0.2) is 92.6 Å². The molecule has 8 heteroatoms. The number of ether oxygens (including phenoxy) is 1. The van der Waals surface area contributed by atoms with Gasteiger partial charge in [-0.3, -0.25) is 14.4 Å². The van der Waals surface area contributed by atoms with Crippen LogP contribution in [0.1, 0.15) is 74.7 Å². The van der Waals surface area contributed by atoms with Gasteiger partial charge in [0.05, 0.1) is 30.1 Å². The number of amides is 3. The first-order valence-electron chi connectivity index (χ1n) is 14.6. The first-order valence-corrected chi connectivity index (χ1v) is 14.6. The fourth-order valence-electron chi connectivity index (χ4n) is 7.43. The number of carbonyl (C=O) groups excluding carboxylic acids is 3. The van der Waals surface area contributed by atoms with Crippen LogP contribution >= 0.6 is 0 Å². The molecule has 0 saturated carbocycles. The van der Waals surface area contributed by atoms with Gasteiger partial charge < -0.3 is 24.5 Å². The van der Waals surface area contributed by atoms with E-state index in [1.165, 1.54) is 0 Å². The Balaban J connectivity index is 2.23. The van der Waals surface area contributed by atoms with Crippen LogP contribution in [0.4, 0.5) is 0 Å². The molecule has 0 aromatic rings. The molecule has 2 bridgehead atoms. The van der Waals surface area contributed by atoms with Gasteiger partial charge in [0.1, 0.15) is 11.6 Å². The third kappa shape index (κ3) is 5.08. The van der Waals surface area contributed by atoms with Crippen LogP contribution in [0.25, 0.3) is 0 Å². The van der Waals surface area contributed by atoms with Gasteiger partial charge >= 0.3 is 0 Å². The highest BCUT2D eigenvalue weighted by atomic mass is 16.5. The number of fused-ring (bicyclic) bond motifs is 1. The van der Waals surface area contributed by atoms with Gasteiger partial charge in [-0.2, -0.15) is 0 Å². The first-order chi connectivity index (χ1) is 18.2. The molecule has 39 heavy (non-hydrogen) atoms. The predicted octanol–water partition coefficient (Wildman–Crippen LogP) is 3.64. The summed E-state index contributed by atoms with van der Waals surface area (Å²) in [4.78, 5) is 48.5. The Hall–Kier alpha value is -2.19. The molecule has 220 valence electrons. The summed E-state index contributed by atoms with van der Waals surface area (Å²) >= 11 is 0. The van der Waals surface area contributed by atoms with Crippen molar-refractivity contribution in [2.24, 2.45) is 23.7 Å². The number of hydrogen-bond acceptors (Lipinski definition) is 5. The SMILES string of the molecule is C=CCN(CCC)C(=O)[C@H]1[C@H]2C(=O)N([C@@H](CO)CC(C)C)C(C(=O)N(CC=C)C(C)(C)C)C23CC(C)[C@]1(C)O3. The highest BCUT2D eigenvalue weighted by molar-refractivity contribution is 5.99. The van der Waals surface area contributed by atoms with Crippen molar-refractivity contribution in [3.05, 3.63) is 25.3 Å². The Morgan fingerprint density at radius 1 is 1.21 bits per heavy atom.